The van der Waals surface area contributed by atoms with Gasteiger partial charge in [0, 0.05) is 53.8 Å². The second-order valence-corrected chi connectivity index (χ2v) is 10.1. The summed E-state index contributed by atoms with van der Waals surface area (Å²) in [6.07, 6.45) is 7.37. The zero-order valence-corrected chi connectivity index (χ0v) is 21.6. The summed E-state index contributed by atoms with van der Waals surface area (Å²) in [5, 5.41) is 9.29. The number of carbonyl (C=O) groups is 2. The summed E-state index contributed by atoms with van der Waals surface area (Å²) in [4.78, 5) is 25.3. The average molecular weight is 511 g/mol. The number of carbonyl (C=O) groups excluding carboxylic acids is 2. The molecule has 3 aromatic rings. The molecule has 0 radical (unpaired) electrons. The van der Waals surface area contributed by atoms with Gasteiger partial charge in [-0.1, -0.05) is 11.6 Å². The van der Waals surface area contributed by atoms with Crippen molar-refractivity contribution in [1.82, 2.24) is 15.1 Å². The van der Waals surface area contributed by atoms with E-state index in [0.29, 0.717) is 42.2 Å². The van der Waals surface area contributed by atoms with Crippen molar-refractivity contribution in [2.75, 3.05) is 19.7 Å². The minimum Gasteiger partial charge on any atom is -0.376 e. The maximum Gasteiger partial charge on any atom is 0.251 e. The van der Waals surface area contributed by atoms with E-state index in [4.69, 9.17) is 27.2 Å². The molecular formula is C28H35ClN4O3. The first-order valence-electron chi connectivity index (χ1n) is 12.8. The Morgan fingerprint density at radius 3 is 2.78 bits per heavy atom. The zero-order chi connectivity index (χ0) is 25.5. The lowest BCUT2D eigenvalue weighted by Gasteiger charge is -2.22. The van der Waals surface area contributed by atoms with Crippen LogP contribution in [-0.4, -0.2) is 47.3 Å². The first-order valence-corrected chi connectivity index (χ1v) is 13.2. The molecule has 4 rings (SSSR count). The molecule has 2 aromatic carbocycles. The summed E-state index contributed by atoms with van der Waals surface area (Å²) in [7, 11) is 0. The fourth-order valence-corrected chi connectivity index (χ4v) is 4.84. The Labute approximate surface area is 217 Å². The summed E-state index contributed by atoms with van der Waals surface area (Å²) in [5.74, 6) is 0.238. The molecule has 2 unspecified atom stereocenters. The first kappa shape index (κ1) is 26.3. The van der Waals surface area contributed by atoms with E-state index in [9.17, 15) is 9.59 Å². The van der Waals surface area contributed by atoms with Crippen LogP contribution < -0.4 is 11.1 Å². The van der Waals surface area contributed by atoms with Crippen LogP contribution in [-0.2, 0) is 11.3 Å². The molecule has 1 amide bonds. The van der Waals surface area contributed by atoms with Gasteiger partial charge in [0.05, 0.1) is 11.6 Å². The fraction of sp³-hybridized carbons (Fsp3) is 0.464. The molecule has 7 nitrogen and oxygen atoms in total. The van der Waals surface area contributed by atoms with E-state index in [-0.39, 0.29) is 23.7 Å². The van der Waals surface area contributed by atoms with Crippen molar-refractivity contribution < 1.29 is 14.3 Å². The number of nitrogens with one attached hydrogen (secondary N) is 1. The number of ether oxygens (including phenoxy) is 1. The highest BCUT2D eigenvalue weighted by atomic mass is 35.5. The normalized spacial score (nSPS) is 16.7. The first-order chi connectivity index (χ1) is 17.4. The number of aromatic nitrogens is 2. The molecule has 3 N–H and O–H groups in total. The van der Waals surface area contributed by atoms with Crippen LogP contribution >= 0.6 is 11.6 Å². The van der Waals surface area contributed by atoms with Crippen molar-refractivity contribution in [3.8, 4) is 0 Å². The number of ketones is 1. The number of Topliss-reactive ketones (excluding diaryl/α,β-unsaturated/α-hetero) is 1. The lowest BCUT2D eigenvalue weighted by atomic mass is 9.99. The molecule has 1 saturated heterocycles. The van der Waals surface area contributed by atoms with Gasteiger partial charge in [-0.05, 0) is 93.5 Å². The minimum absolute atomic E-state index is 0.0819. The molecule has 2 atom stereocenters. The third-order valence-corrected chi connectivity index (χ3v) is 7.12. The van der Waals surface area contributed by atoms with Crippen molar-refractivity contribution in [2.45, 2.75) is 58.1 Å². The Morgan fingerprint density at radius 2 is 2.06 bits per heavy atom. The standard InChI is InChI=1S/C28H35ClN4O3/c1-19-13-26-22(14-25(19)28(35)31-16-24-6-2-3-12-36-24)18-33(32-26)17-20(15-30)5-4-7-27(34)21-8-10-23(29)11-9-21/h8-11,13-14,18,20,24H,2-7,12,15-17,30H2,1H3,(H,31,35). The van der Waals surface area contributed by atoms with Crippen molar-refractivity contribution in [2.24, 2.45) is 11.7 Å². The highest BCUT2D eigenvalue weighted by molar-refractivity contribution is 6.30. The van der Waals surface area contributed by atoms with E-state index in [1.807, 2.05) is 29.9 Å². The predicted molar refractivity (Wildman–Crippen MR) is 143 cm³/mol. The molecule has 2 heterocycles. The van der Waals surface area contributed by atoms with Gasteiger partial charge in [-0.15, -0.1) is 0 Å². The van der Waals surface area contributed by atoms with E-state index < -0.39 is 0 Å². The number of hydrogen-bond acceptors (Lipinski definition) is 5. The van der Waals surface area contributed by atoms with Crippen molar-refractivity contribution >= 4 is 34.2 Å². The zero-order valence-electron chi connectivity index (χ0n) is 20.8. The molecule has 36 heavy (non-hydrogen) atoms. The van der Waals surface area contributed by atoms with E-state index >= 15 is 0 Å². The fourth-order valence-electron chi connectivity index (χ4n) is 4.72. The molecule has 0 spiro atoms. The van der Waals surface area contributed by atoms with Gasteiger partial charge in [0.25, 0.3) is 5.91 Å². The SMILES string of the molecule is Cc1cc2nn(CC(CN)CCCC(=O)c3ccc(Cl)cc3)cc2cc1C(=O)NCC1CCCCO1. The van der Waals surface area contributed by atoms with E-state index in [1.54, 1.807) is 24.3 Å². The summed E-state index contributed by atoms with van der Waals surface area (Å²) in [6, 6.07) is 10.9. The Bertz CT molecular complexity index is 1190. The molecule has 8 heteroatoms. The van der Waals surface area contributed by atoms with Crippen LogP contribution in [0.25, 0.3) is 10.9 Å². The molecule has 0 bridgehead atoms. The van der Waals surface area contributed by atoms with Crippen LogP contribution in [0.3, 0.4) is 0 Å². The molecule has 1 fully saturated rings. The summed E-state index contributed by atoms with van der Waals surface area (Å²) in [6.45, 7) is 4.42. The Balaban J connectivity index is 1.33. The van der Waals surface area contributed by atoms with Gasteiger partial charge in [0.2, 0.25) is 0 Å². The maximum absolute atomic E-state index is 12.8. The van der Waals surface area contributed by atoms with Crippen molar-refractivity contribution in [3.05, 3.63) is 64.3 Å². The van der Waals surface area contributed by atoms with Gasteiger partial charge in [-0.2, -0.15) is 5.10 Å². The number of rotatable bonds is 11. The van der Waals surface area contributed by atoms with Gasteiger partial charge < -0.3 is 15.8 Å². The molecule has 1 aliphatic rings. The smallest absolute Gasteiger partial charge is 0.251 e. The average Bonchev–Trinajstić information content (AvgIpc) is 3.28. The Morgan fingerprint density at radius 1 is 1.25 bits per heavy atom. The number of benzene rings is 2. The molecule has 192 valence electrons. The number of nitrogens with zero attached hydrogens (tertiary/aromatic N) is 2. The quantitative estimate of drug-likeness (QED) is 0.356. The minimum atomic E-state index is -0.0819. The lowest BCUT2D eigenvalue weighted by molar-refractivity contribution is 0.0169. The topological polar surface area (TPSA) is 99.2 Å². The van der Waals surface area contributed by atoms with Gasteiger partial charge in [0.15, 0.2) is 5.78 Å². The number of halogens is 1. The van der Waals surface area contributed by atoms with Crippen LogP contribution in [0, 0.1) is 12.8 Å². The van der Waals surface area contributed by atoms with E-state index in [1.165, 1.54) is 0 Å². The number of fused-ring (bicyclic) bond motifs is 1. The molecule has 1 aliphatic heterocycles. The van der Waals surface area contributed by atoms with Crippen LogP contribution in [0.5, 0.6) is 0 Å². The van der Waals surface area contributed by atoms with E-state index in [2.05, 4.69) is 5.32 Å². The monoisotopic (exact) mass is 510 g/mol. The number of hydrogen-bond donors (Lipinski definition) is 2. The van der Waals surface area contributed by atoms with Gasteiger partial charge in [-0.3, -0.25) is 14.3 Å². The van der Waals surface area contributed by atoms with Crippen molar-refractivity contribution in [1.29, 1.82) is 0 Å². The molecule has 0 saturated carbocycles. The van der Waals surface area contributed by atoms with Crippen LogP contribution in [0.2, 0.25) is 5.02 Å². The Kier molecular flexibility index (Phi) is 9.13. The van der Waals surface area contributed by atoms with Gasteiger partial charge in [-0.25, -0.2) is 0 Å². The van der Waals surface area contributed by atoms with E-state index in [0.717, 1.165) is 55.2 Å². The summed E-state index contributed by atoms with van der Waals surface area (Å²) >= 11 is 5.91. The maximum atomic E-state index is 12.8. The van der Waals surface area contributed by atoms with Crippen molar-refractivity contribution in [3.63, 3.8) is 0 Å². The lowest BCUT2D eigenvalue weighted by Crippen LogP contribution is -2.35. The second kappa shape index (κ2) is 12.5. The van der Waals surface area contributed by atoms with Crippen LogP contribution in [0.4, 0.5) is 0 Å². The highest BCUT2D eigenvalue weighted by Gasteiger charge is 2.18. The Hall–Kier alpha value is -2.74. The summed E-state index contributed by atoms with van der Waals surface area (Å²) in [5.41, 5.74) is 9.13. The largest absolute Gasteiger partial charge is 0.376 e. The molecule has 0 aliphatic carbocycles. The van der Waals surface area contributed by atoms with Gasteiger partial charge >= 0.3 is 0 Å². The van der Waals surface area contributed by atoms with Gasteiger partial charge in [0.1, 0.15) is 0 Å². The number of aryl methyl sites for hydroxylation is 1. The molecule has 1 aromatic heterocycles. The predicted octanol–water partition coefficient (Wildman–Crippen LogP) is 4.93. The highest BCUT2D eigenvalue weighted by Crippen LogP contribution is 2.21. The summed E-state index contributed by atoms with van der Waals surface area (Å²) < 4.78 is 7.62. The van der Waals surface area contributed by atoms with Crippen LogP contribution in [0.1, 0.15) is 64.8 Å². The number of nitrogens with two attached hydrogens (primary N) is 1. The van der Waals surface area contributed by atoms with Crippen LogP contribution in [0.15, 0.2) is 42.6 Å². The molecular weight excluding hydrogens is 476 g/mol. The third-order valence-electron chi connectivity index (χ3n) is 6.87. The third kappa shape index (κ3) is 6.93. The number of amides is 1. The second-order valence-electron chi connectivity index (χ2n) is 9.70.